The van der Waals surface area contributed by atoms with E-state index in [-0.39, 0.29) is 0 Å². The normalized spacial score (nSPS) is 12.2. The summed E-state index contributed by atoms with van der Waals surface area (Å²) in [4.78, 5) is 0.842. The summed E-state index contributed by atoms with van der Waals surface area (Å²) < 4.78 is 2.99. The predicted octanol–water partition coefficient (Wildman–Crippen LogP) is 2.40. The minimum atomic E-state index is -0.898. The van der Waals surface area contributed by atoms with Gasteiger partial charge in [-0.3, -0.25) is 0 Å². The van der Waals surface area contributed by atoms with Crippen LogP contribution in [0.2, 0.25) is 0 Å². The Morgan fingerprint density at radius 2 is 2.27 bits per heavy atom. The summed E-state index contributed by atoms with van der Waals surface area (Å²) in [6, 6.07) is 7.59. The van der Waals surface area contributed by atoms with Gasteiger partial charge in [0.05, 0.1) is 4.90 Å². The third-order valence-electron chi connectivity index (χ3n) is 1.26. The second-order valence-electron chi connectivity index (χ2n) is 2.14. The second-order valence-corrected chi connectivity index (χ2v) is 4.12. The van der Waals surface area contributed by atoms with Crippen LogP contribution in [0, 0.1) is 6.92 Å². The van der Waals surface area contributed by atoms with E-state index in [2.05, 4.69) is 4.16 Å². The summed E-state index contributed by atoms with van der Waals surface area (Å²) in [5.74, 6) is 0. The first-order chi connectivity index (χ1) is 5.24. The number of benzene rings is 1. The molecule has 0 aliphatic rings. The van der Waals surface area contributed by atoms with E-state index in [1.807, 2.05) is 31.2 Å². The molecule has 0 aromatic heterocycles. The van der Waals surface area contributed by atoms with E-state index >= 15 is 0 Å². The van der Waals surface area contributed by atoms with Gasteiger partial charge in [0.25, 0.3) is 9.90 Å². The molecule has 0 aliphatic heterocycles. The first kappa shape index (κ1) is 8.47. The topological polar surface area (TPSA) is 36.4 Å². The zero-order valence-electron chi connectivity index (χ0n) is 5.99. The van der Waals surface area contributed by atoms with Gasteiger partial charge in [0.1, 0.15) is 0 Å². The van der Waals surface area contributed by atoms with Crippen molar-refractivity contribution < 1.29 is 0 Å². The Hall–Kier alpha value is -0.630. The van der Waals surface area contributed by atoms with Crippen molar-refractivity contribution in [1.29, 1.82) is 0 Å². The molecular formula is C7H7ClN2S. The molecule has 1 aromatic carbocycles. The molecule has 0 N–H and O–H groups in total. The van der Waals surface area contributed by atoms with Crippen LogP contribution in [0.5, 0.6) is 0 Å². The molecule has 58 valence electrons. The number of rotatable bonds is 1. The molecule has 11 heavy (non-hydrogen) atoms. The molecule has 2 nitrogen and oxygen atoms in total. The van der Waals surface area contributed by atoms with E-state index in [0.29, 0.717) is 0 Å². The Kier molecular flexibility index (Phi) is 2.83. The summed E-state index contributed by atoms with van der Waals surface area (Å²) >= 11 is 0. The van der Waals surface area contributed by atoms with Crippen LogP contribution in [0.25, 0.3) is 5.53 Å². The van der Waals surface area contributed by atoms with Crippen molar-refractivity contribution in [1.82, 2.24) is 4.16 Å². The molecule has 4 heteroatoms. The minimum Gasteiger partial charge on any atom is -0.349 e. The van der Waals surface area contributed by atoms with Crippen LogP contribution in [-0.4, -0.2) is 0 Å². The molecule has 0 saturated heterocycles. The fourth-order valence-corrected chi connectivity index (χ4v) is 1.62. The van der Waals surface area contributed by atoms with E-state index in [0.717, 1.165) is 10.5 Å². The van der Waals surface area contributed by atoms with E-state index in [9.17, 15) is 0 Å². The van der Waals surface area contributed by atoms with E-state index < -0.39 is 9.90 Å². The van der Waals surface area contributed by atoms with E-state index in [4.69, 9.17) is 16.2 Å². The number of hydrogen-bond acceptors (Lipinski definition) is 0. The molecule has 0 heterocycles. The zero-order chi connectivity index (χ0) is 8.27. The Morgan fingerprint density at radius 3 is 2.82 bits per heavy atom. The van der Waals surface area contributed by atoms with Crippen LogP contribution in [0.4, 0.5) is 0 Å². The largest absolute Gasteiger partial charge is 0.349 e. The molecule has 0 spiro atoms. The first-order valence-electron chi connectivity index (χ1n) is 3.06. The summed E-state index contributed by atoms with van der Waals surface area (Å²) in [5.41, 5.74) is 9.50. The van der Waals surface area contributed by atoms with Gasteiger partial charge in [-0.1, -0.05) is 12.1 Å². The van der Waals surface area contributed by atoms with Crippen LogP contribution in [0.1, 0.15) is 5.56 Å². The third-order valence-corrected chi connectivity index (χ3v) is 2.76. The maximum absolute atomic E-state index is 8.38. The highest BCUT2D eigenvalue weighted by Crippen LogP contribution is 2.11. The fourth-order valence-electron chi connectivity index (χ4n) is 0.767. The molecule has 1 unspecified atom stereocenters. The smallest absolute Gasteiger partial charge is 0.287 e. The lowest BCUT2D eigenvalue weighted by Crippen LogP contribution is -1.83. The Labute approximate surface area is 72.3 Å². The van der Waals surface area contributed by atoms with Crippen molar-refractivity contribution in [3.63, 3.8) is 0 Å². The number of hydrogen-bond donors (Lipinski definition) is 0. The quantitative estimate of drug-likeness (QED) is 0.477. The number of aryl methyl sites for hydroxylation is 1. The predicted molar refractivity (Wildman–Crippen MR) is 48.2 cm³/mol. The van der Waals surface area contributed by atoms with Gasteiger partial charge >= 0.3 is 0 Å². The minimum absolute atomic E-state index is 0.842. The molecule has 1 aromatic rings. The maximum Gasteiger partial charge on any atom is 0.287 e. The van der Waals surface area contributed by atoms with Crippen molar-refractivity contribution in [2.24, 2.45) is 0 Å². The summed E-state index contributed by atoms with van der Waals surface area (Å²) in [6.45, 7) is 1.97. The molecule has 0 fully saturated rings. The van der Waals surface area contributed by atoms with Gasteiger partial charge in [-0.2, -0.15) is 0 Å². The van der Waals surface area contributed by atoms with E-state index in [1.165, 1.54) is 0 Å². The summed E-state index contributed by atoms with van der Waals surface area (Å²) in [6.07, 6.45) is 0. The van der Waals surface area contributed by atoms with Gasteiger partial charge < -0.3 is 5.53 Å². The zero-order valence-corrected chi connectivity index (χ0v) is 7.56. The molecule has 1 rings (SSSR count). The third kappa shape index (κ3) is 2.15. The lowest BCUT2D eigenvalue weighted by molar-refractivity contribution is 1.36. The fraction of sp³-hybridized carbons (Fsp3) is 0.143. The first-order valence-corrected chi connectivity index (χ1v) is 5.07. The van der Waals surface area contributed by atoms with Crippen molar-refractivity contribution in [2.75, 3.05) is 0 Å². The Bertz CT molecular complexity index is 318. The molecule has 0 bridgehead atoms. The van der Waals surface area contributed by atoms with Gasteiger partial charge in [0.2, 0.25) is 0 Å². The number of halogens is 1. The highest BCUT2D eigenvalue weighted by atomic mass is 35.7. The van der Waals surface area contributed by atoms with Gasteiger partial charge in [-0.15, -0.1) is 4.16 Å². The molecule has 0 saturated carbocycles. The molecule has 0 radical (unpaired) electrons. The van der Waals surface area contributed by atoms with Crippen LogP contribution in [0.3, 0.4) is 0 Å². The lowest BCUT2D eigenvalue weighted by atomic mass is 10.2. The van der Waals surface area contributed by atoms with Crippen LogP contribution < -0.4 is 4.16 Å². The maximum atomic E-state index is 8.38. The van der Waals surface area contributed by atoms with Crippen molar-refractivity contribution in [3.05, 3.63) is 35.4 Å². The lowest BCUT2D eigenvalue weighted by Gasteiger charge is -1.91. The summed E-state index contributed by atoms with van der Waals surface area (Å²) in [5, 5.41) is 0. The SMILES string of the molecule is Cc1cccc(S(Cl)=[N+]=[N-])c1. The van der Waals surface area contributed by atoms with Crippen LogP contribution in [-0.2, 0) is 9.90 Å². The van der Waals surface area contributed by atoms with Crippen LogP contribution in [0.15, 0.2) is 29.2 Å². The van der Waals surface area contributed by atoms with Gasteiger partial charge in [-0.05, 0) is 24.6 Å². The molecule has 1 atom stereocenters. The molecule has 0 aliphatic carbocycles. The van der Waals surface area contributed by atoms with Gasteiger partial charge in [-0.25, -0.2) is 0 Å². The highest BCUT2D eigenvalue weighted by Gasteiger charge is 2.03. The monoisotopic (exact) mass is 186 g/mol. The van der Waals surface area contributed by atoms with Crippen LogP contribution >= 0.6 is 10.7 Å². The summed E-state index contributed by atoms with van der Waals surface area (Å²) in [7, 11) is 4.78. The van der Waals surface area contributed by atoms with Gasteiger partial charge in [0, 0.05) is 10.7 Å². The average Bonchev–Trinajstić information content (AvgIpc) is 2.03. The Balaban J connectivity index is 3.15. The number of nitrogens with zero attached hydrogens (tertiary/aromatic N) is 2. The van der Waals surface area contributed by atoms with Crippen molar-refractivity contribution >= 4 is 20.6 Å². The Morgan fingerprint density at radius 1 is 1.55 bits per heavy atom. The van der Waals surface area contributed by atoms with Crippen molar-refractivity contribution in [2.45, 2.75) is 11.8 Å². The van der Waals surface area contributed by atoms with E-state index in [1.54, 1.807) is 0 Å². The standard InChI is InChI=1S/C7H7ClN2S/c1-6-3-2-4-7(5-6)11(8)10-9/h2-5H,1H3. The second kappa shape index (κ2) is 3.67. The van der Waals surface area contributed by atoms with Gasteiger partial charge in [0.15, 0.2) is 0 Å². The average molecular weight is 187 g/mol. The molecule has 0 amide bonds. The van der Waals surface area contributed by atoms with Crippen molar-refractivity contribution in [3.8, 4) is 0 Å². The molecular weight excluding hydrogens is 180 g/mol. The highest BCUT2D eigenvalue weighted by molar-refractivity contribution is 8.09.